The molecule has 6 nitrogen and oxygen atoms in total. The molecule has 0 spiro atoms. The number of ether oxygens (including phenoxy) is 1. The molecule has 2 amide bonds. The molecule has 1 atom stereocenters. The second-order valence-corrected chi connectivity index (χ2v) is 6.44. The normalized spacial score (nSPS) is 11.9. The fraction of sp³-hybridized carbons (Fsp3) is 0.400. The van der Waals surface area contributed by atoms with Gasteiger partial charge in [-0.1, -0.05) is 26.0 Å². The molecule has 2 rings (SSSR count). The van der Waals surface area contributed by atoms with Gasteiger partial charge in [0.05, 0.1) is 19.9 Å². The topological polar surface area (TPSA) is 71.8 Å². The Morgan fingerprint density at radius 1 is 1.15 bits per heavy atom. The van der Waals surface area contributed by atoms with E-state index in [1.54, 1.807) is 37.3 Å². The van der Waals surface area contributed by atoms with Gasteiger partial charge >= 0.3 is 0 Å². The number of carbonyl (C=O) groups excluding carboxylic acids is 2. The lowest BCUT2D eigenvalue weighted by atomic mass is 10.1. The maximum absolute atomic E-state index is 12.7. The van der Waals surface area contributed by atoms with Crippen molar-refractivity contribution < 1.29 is 18.7 Å². The average Bonchev–Trinajstić information content (AvgIpc) is 3.17. The fourth-order valence-electron chi connectivity index (χ4n) is 2.54. The minimum atomic E-state index is -0.595. The summed E-state index contributed by atoms with van der Waals surface area (Å²) < 4.78 is 10.4. The van der Waals surface area contributed by atoms with E-state index in [0.29, 0.717) is 18.8 Å². The summed E-state index contributed by atoms with van der Waals surface area (Å²) in [6.45, 7) is 6.05. The van der Waals surface area contributed by atoms with Crippen LogP contribution in [0.2, 0.25) is 0 Å². The molecule has 0 radical (unpaired) electrons. The Morgan fingerprint density at radius 3 is 2.38 bits per heavy atom. The Labute approximate surface area is 154 Å². The number of nitrogens with one attached hydrogen (secondary N) is 1. The monoisotopic (exact) mass is 358 g/mol. The first-order valence-electron chi connectivity index (χ1n) is 8.66. The summed E-state index contributed by atoms with van der Waals surface area (Å²) in [5.74, 6) is 0.932. The minimum absolute atomic E-state index is 0.0681. The molecule has 140 valence electrons. The zero-order valence-electron chi connectivity index (χ0n) is 15.7. The van der Waals surface area contributed by atoms with E-state index >= 15 is 0 Å². The third kappa shape index (κ3) is 5.12. The van der Waals surface area contributed by atoms with Crippen LogP contribution in [0.15, 0.2) is 47.1 Å². The predicted molar refractivity (Wildman–Crippen MR) is 98.4 cm³/mol. The van der Waals surface area contributed by atoms with Gasteiger partial charge in [0, 0.05) is 12.5 Å². The van der Waals surface area contributed by atoms with Gasteiger partial charge in [-0.15, -0.1) is 0 Å². The van der Waals surface area contributed by atoms with Crippen molar-refractivity contribution in [3.05, 3.63) is 54.0 Å². The van der Waals surface area contributed by atoms with Crippen LogP contribution in [0.25, 0.3) is 0 Å². The van der Waals surface area contributed by atoms with Crippen molar-refractivity contribution in [2.45, 2.75) is 39.9 Å². The molecular formula is C20H26N2O4. The van der Waals surface area contributed by atoms with Crippen LogP contribution in [0.5, 0.6) is 5.75 Å². The zero-order chi connectivity index (χ0) is 19.1. The molecule has 0 aliphatic carbocycles. The average molecular weight is 358 g/mol. The summed E-state index contributed by atoms with van der Waals surface area (Å²) in [5, 5.41) is 2.82. The quantitative estimate of drug-likeness (QED) is 0.787. The highest BCUT2D eigenvalue weighted by atomic mass is 16.5. The van der Waals surface area contributed by atoms with Crippen LogP contribution in [0.3, 0.4) is 0 Å². The van der Waals surface area contributed by atoms with Gasteiger partial charge in [-0.2, -0.15) is 0 Å². The number of hydrogen-bond acceptors (Lipinski definition) is 4. The third-order valence-corrected chi connectivity index (χ3v) is 4.15. The van der Waals surface area contributed by atoms with E-state index in [0.717, 1.165) is 11.3 Å². The molecule has 0 bridgehead atoms. The van der Waals surface area contributed by atoms with Gasteiger partial charge in [-0.25, -0.2) is 0 Å². The Kier molecular flexibility index (Phi) is 6.83. The summed E-state index contributed by atoms with van der Waals surface area (Å²) in [5.41, 5.74) is 0.936. The molecule has 6 heteroatoms. The molecule has 0 aliphatic heterocycles. The summed E-state index contributed by atoms with van der Waals surface area (Å²) in [4.78, 5) is 26.8. The van der Waals surface area contributed by atoms with Gasteiger partial charge in [0.25, 0.3) is 0 Å². The highest BCUT2D eigenvalue weighted by molar-refractivity contribution is 5.88. The van der Waals surface area contributed by atoms with Gasteiger partial charge in [0.15, 0.2) is 0 Å². The first kappa shape index (κ1) is 19.6. The van der Waals surface area contributed by atoms with Gasteiger partial charge in [0.1, 0.15) is 17.6 Å². The lowest BCUT2D eigenvalue weighted by Crippen LogP contribution is -2.48. The van der Waals surface area contributed by atoms with E-state index < -0.39 is 6.04 Å². The first-order valence-corrected chi connectivity index (χ1v) is 8.66. The number of hydrogen-bond donors (Lipinski definition) is 1. The number of amides is 2. The highest BCUT2D eigenvalue weighted by Gasteiger charge is 2.27. The molecule has 0 saturated carbocycles. The van der Waals surface area contributed by atoms with Crippen LogP contribution in [0, 0.1) is 5.92 Å². The lowest BCUT2D eigenvalue weighted by molar-refractivity contribution is -0.143. The van der Waals surface area contributed by atoms with Crippen LogP contribution in [-0.2, 0) is 22.7 Å². The molecule has 1 heterocycles. The largest absolute Gasteiger partial charge is 0.497 e. The number of nitrogens with zero attached hydrogens (tertiary/aromatic N) is 1. The molecule has 2 aromatic rings. The molecule has 1 aromatic heterocycles. The van der Waals surface area contributed by atoms with E-state index in [2.05, 4.69) is 5.32 Å². The van der Waals surface area contributed by atoms with Crippen molar-refractivity contribution in [1.29, 1.82) is 0 Å². The molecule has 1 aromatic carbocycles. The molecule has 0 saturated heterocycles. The van der Waals surface area contributed by atoms with Crippen molar-refractivity contribution in [3.8, 4) is 5.75 Å². The van der Waals surface area contributed by atoms with E-state index in [9.17, 15) is 9.59 Å². The second-order valence-electron chi connectivity index (χ2n) is 6.44. The highest BCUT2D eigenvalue weighted by Crippen LogP contribution is 2.16. The van der Waals surface area contributed by atoms with Crippen LogP contribution in [0.1, 0.15) is 32.1 Å². The summed E-state index contributed by atoms with van der Waals surface area (Å²) in [6, 6.07) is 10.4. The summed E-state index contributed by atoms with van der Waals surface area (Å²) >= 11 is 0. The summed E-state index contributed by atoms with van der Waals surface area (Å²) in [7, 11) is 1.61. The number of rotatable bonds is 8. The van der Waals surface area contributed by atoms with Crippen LogP contribution >= 0.6 is 0 Å². The van der Waals surface area contributed by atoms with Gasteiger partial charge in [-0.3, -0.25) is 9.59 Å². The lowest BCUT2D eigenvalue weighted by Gasteiger charge is -2.30. The number of methoxy groups -OCH3 is 1. The third-order valence-electron chi connectivity index (χ3n) is 4.15. The van der Waals surface area contributed by atoms with E-state index in [1.165, 1.54) is 0 Å². The van der Waals surface area contributed by atoms with E-state index in [-0.39, 0.29) is 17.7 Å². The van der Waals surface area contributed by atoms with Crippen molar-refractivity contribution in [2.24, 2.45) is 5.92 Å². The SMILES string of the molecule is COc1ccc(CN(C(=O)C(C)C)[C@@H](C)C(=O)NCc2ccco2)cc1. The Morgan fingerprint density at radius 2 is 1.85 bits per heavy atom. The molecule has 0 unspecified atom stereocenters. The molecule has 1 N–H and O–H groups in total. The van der Waals surface area contributed by atoms with Crippen molar-refractivity contribution in [2.75, 3.05) is 7.11 Å². The van der Waals surface area contributed by atoms with Gasteiger partial charge < -0.3 is 19.4 Å². The Bertz CT molecular complexity index is 708. The number of benzene rings is 1. The number of carbonyl (C=O) groups is 2. The van der Waals surface area contributed by atoms with Crippen molar-refractivity contribution in [3.63, 3.8) is 0 Å². The van der Waals surface area contributed by atoms with E-state index in [1.807, 2.05) is 38.1 Å². The smallest absolute Gasteiger partial charge is 0.242 e. The zero-order valence-corrected chi connectivity index (χ0v) is 15.7. The van der Waals surface area contributed by atoms with Crippen LogP contribution in [0.4, 0.5) is 0 Å². The second kappa shape index (κ2) is 9.08. The van der Waals surface area contributed by atoms with Gasteiger partial charge in [0.2, 0.25) is 11.8 Å². The fourth-order valence-corrected chi connectivity index (χ4v) is 2.54. The molecule has 0 fully saturated rings. The van der Waals surface area contributed by atoms with Crippen LogP contribution < -0.4 is 10.1 Å². The molecule has 26 heavy (non-hydrogen) atoms. The molecular weight excluding hydrogens is 332 g/mol. The van der Waals surface area contributed by atoms with Crippen molar-refractivity contribution >= 4 is 11.8 Å². The maximum atomic E-state index is 12.7. The minimum Gasteiger partial charge on any atom is -0.497 e. The number of furan rings is 1. The van der Waals surface area contributed by atoms with Crippen LogP contribution in [-0.4, -0.2) is 29.9 Å². The Balaban J connectivity index is 2.08. The summed E-state index contributed by atoms with van der Waals surface area (Å²) in [6.07, 6.45) is 1.56. The Hall–Kier alpha value is -2.76. The standard InChI is InChI=1S/C20H26N2O4/c1-14(2)20(24)22(13-16-7-9-17(25-4)10-8-16)15(3)19(23)21-12-18-6-5-11-26-18/h5-11,14-15H,12-13H2,1-4H3,(H,21,23)/t15-/m0/s1. The molecule has 0 aliphatic rings. The maximum Gasteiger partial charge on any atom is 0.242 e. The van der Waals surface area contributed by atoms with E-state index in [4.69, 9.17) is 9.15 Å². The van der Waals surface area contributed by atoms with Crippen molar-refractivity contribution in [1.82, 2.24) is 10.2 Å². The predicted octanol–water partition coefficient (Wildman–Crippen LogP) is 2.98. The first-order chi connectivity index (χ1) is 12.4. The van der Waals surface area contributed by atoms with Gasteiger partial charge in [-0.05, 0) is 36.8 Å².